The number of rotatable bonds is 4. The smallest absolute Gasteiger partial charge is 0.221 e. The van der Waals surface area contributed by atoms with Crippen LogP contribution in [0.4, 0.5) is 11.4 Å². The van der Waals surface area contributed by atoms with Gasteiger partial charge >= 0.3 is 0 Å². The second-order valence-electron chi connectivity index (χ2n) is 4.04. The average molecular weight is 394 g/mol. The Morgan fingerprint density at radius 2 is 2.00 bits per heavy atom. The third kappa shape index (κ3) is 3.88. The quantitative estimate of drug-likeness (QED) is 0.731. The van der Waals surface area contributed by atoms with Crippen molar-refractivity contribution >= 4 is 67.8 Å². The lowest BCUT2D eigenvalue weighted by atomic mass is 10.3. The summed E-state index contributed by atoms with van der Waals surface area (Å²) in [6.07, 6.45) is 0. The Hall–Kier alpha value is -0.750. The van der Waals surface area contributed by atoms with E-state index in [2.05, 4.69) is 26.6 Å². The molecule has 2 aromatic rings. The van der Waals surface area contributed by atoms with E-state index in [1.54, 1.807) is 23.5 Å². The summed E-state index contributed by atoms with van der Waals surface area (Å²) in [5, 5.41) is 9.00. The van der Waals surface area contributed by atoms with Crippen LogP contribution in [-0.2, 0) is 11.3 Å². The summed E-state index contributed by atoms with van der Waals surface area (Å²) < 4.78 is 0.827. The number of nitrogens with one attached hydrogen (secondary N) is 2. The highest BCUT2D eigenvalue weighted by molar-refractivity contribution is 9.10. The van der Waals surface area contributed by atoms with Gasteiger partial charge in [0.25, 0.3) is 0 Å². The number of anilines is 2. The molecule has 0 saturated heterocycles. The molecule has 3 nitrogen and oxygen atoms in total. The van der Waals surface area contributed by atoms with Crippen LogP contribution in [0, 0.1) is 0 Å². The van der Waals surface area contributed by atoms with Crippen molar-refractivity contribution in [1.29, 1.82) is 0 Å². The van der Waals surface area contributed by atoms with E-state index in [0.29, 0.717) is 22.3 Å². The Morgan fingerprint density at radius 1 is 1.35 bits per heavy atom. The Kier molecular flexibility index (Phi) is 5.32. The highest BCUT2D eigenvalue weighted by atomic mass is 79.9. The Bertz CT molecular complexity index is 622. The molecule has 1 aromatic heterocycles. The SMILES string of the molecule is CC(=O)Nc1ccsc1CNc1c(Cl)cc(Br)cc1Cl. The van der Waals surface area contributed by atoms with E-state index >= 15 is 0 Å². The van der Waals surface area contributed by atoms with Gasteiger partial charge in [0.1, 0.15) is 0 Å². The molecule has 0 spiro atoms. The molecule has 0 unspecified atom stereocenters. The van der Waals surface area contributed by atoms with Gasteiger partial charge in [-0.3, -0.25) is 4.79 Å². The van der Waals surface area contributed by atoms with Crippen LogP contribution < -0.4 is 10.6 Å². The van der Waals surface area contributed by atoms with Gasteiger partial charge in [-0.25, -0.2) is 0 Å². The van der Waals surface area contributed by atoms with Crippen LogP contribution in [0.25, 0.3) is 0 Å². The maximum atomic E-state index is 11.1. The van der Waals surface area contributed by atoms with Gasteiger partial charge in [-0.1, -0.05) is 39.1 Å². The lowest BCUT2D eigenvalue weighted by Gasteiger charge is -2.11. The first-order valence-electron chi connectivity index (χ1n) is 5.69. The van der Waals surface area contributed by atoms with Crippen molar-refractivity contribution in [3.05, 3.63) is 43.0 Å². The van der Waals surface area contributed by atoms with Gasteiger partial charge in [-0.2, -0.15) is 0 Å². The van der Waals surface area contributed by atoms with E-state index in [9.17, 15) is 4.79 Å². The third-order valence-electron chi connectivity index (χ3n) is 2.49. The van der Waals surface area contributed by atoms with Crippen molar-refractivity contribution in [2.75, 3.05) is 10.6 Å². The molecule has 0 radical (unpaired) electrons. The molecule has 0 atom stereocenters. The molecule has 1 heterocycles. The first-order chi connectivity index (χ1) is 9.47. The fourth-order valence-electron chi connectivity index (χ4n) is 1.66. The lowest BCUT2D eigenvalue weighted by molar-refractivity contribution is -0.114. The second kappa shape index (κ2) is 6.80. The summed E-state index contributed by atoms with van der Waals surface area (Å²) in [6, 6.07) is 5.42. The highest BCUT2D eigenvalue weighted by Crippen LogP contribution is 2.34. The molecule has 0 saturated carbocycles. The molecule has 20 heavy (non-hydrogen) atoms. The molecule has 1 aromatic carbocycles. The number of carbonyl (C=O) groups is 1. The van der Waals surface area contributed by atoms with E-state index in [1.165, 1.54) is 6.92 Å². The number of amides is 1. The monoisotopic (exact) mass is 392 g/mol. The number of hydrogen-bond donors (Lipinski definition) is 2. The molecular formula is C13H11BrCl2N2OS. The second-order valence-corrected chi connectivity index (χ2v) is 6.77. The van der Waals surface area contributed by atoms with Crippen LogP contribution in [0.1, 0.15) is 11.8 Å². The van der Waals surface area contributed by atoms with Crippen LogP contribution in [0.5, 0.6) is 0 Å². The summed E-state index contributed by atoms with van der Waals surface area (Å²) in [5.41, 5.74) is 1.48. The maximum Gasteiger partial charge on any atom is 0.221 e. The molecule has 0 fully saturated rings. The number of hydrogen-bond acceptors (Lipinski definition) is 3. The van der Waals surface area contributed by atoms with Crippen LogP contribution in [0.15, 0.2) is 28.1 Å². The van der Waals surface area contributed by atoms with E-state index < -0.39 is 0 Å². The molecule has 0 aliphatic carbocycles. The van der Waals surface area contributed by atoms with Crippen molar-refractivity contribution in [3.8, 4) is 0 Å². The first-order valence-corrected chi connectivity index (χ1v) is 8.12. The molecule has 106 valence electrons. The number of halogens is 3. The first kappa shape index (κ1) is 15.6. The summed E-state index contributed by atoms with van der Waals surface area (Å²) in [7, 11) is 0. The minimum Gasteiger partial charge on any atom is -0.378 e. The van der Waals surface area contributed by atoms with E-state index in [4.69, 9.17) is 23.2 Å². The van der Waals surface area contributed by atoms with Crippen LogP contribution in [0.2, 0.25) is 10.0 Å². The minimum atomic E-state index is -0.0932. The minimum absolute atomic E-state index is 0.0932. The topological polar surface area (TPSA) is 41.1 Å². The number of carbonyl (C=O) groups excluding carboxylic acids is 1. The lowest BCUT2D eigenvalue weighted by Crippen LogP contribution is -2.08. The van der Waals surface area contributed by atoms with E-state index in [1.807, 2.05) is 11.4 Å². The summed E-state index contributed by atoms with van der Waals surface area (Å²) >= 11 is 17.2. The van der Waals surface area contributed by atoms with E-state index in [-0.39, 0.29) is 5.91 Å². The highest BCUT2D eigenvalue weighted by Gasteiger charge is 2.10. The summed E-state index contributed by atoms with van der Waals surface area (Å²) in [6.45, 7) is 2.02. The van der Waals surface area contributed by atoms with Crippen LogP contribution >= 0.6 is 50.5 Å². The zero-order valence-corrected chi connectivity index (χ0v) is 14.4. The predicted octanol–water partition coefficient (Wildman–Crippen LogP) is 5.39. The van der Waals surface area contributed by atoms with Gasteiger partial charge < -0.3 is 10.6 Å². The fourth-order valence-corrected chi connectivity index (χ4v) is 3.77. The third-order valence-corrected chi connectivity index (χ3v) is 4.46. The Labute approximate surface area is 139 Å². The molecule has 0 bridgehead atoms. The number of thiophene rings is 1. The fraction of sp³-hybridized carbons (Fsp3) is 0.154. The Morgan fingerprint density at radius 3 is 2.60 bits per heavy atom. The standard InChI is InChI=1S/C13H11BrCl2N2OS/c1-7(19)18-11-2-3-20-12(11)6-17-13-9(15)4-8(14)5-10(13)16/h2-5,17H,6H2,1H3,(H,18,19). The molecule has 0 aliphatic heterocycles. The van der Waals surface area contributed by atoms with Gasteiger partial charge in [0.15, 0.2) is 0 Å². The molecule has 2 rings (SSSR count). The van der Waals surface area contributed by atoms with Gasteiger partial charge in [-0.05, 0) is 23.6 Å². The van der Waals surface area contributed by atoms with Gasteiger partial charge in [-0.15, -0.1) is 11.3 Å². The zero-order valence-electron chi connectivity index (χ0n) is 10.5. The van der Waals surface area contributed by atoms with Crippen LogP contribution in [0.3, 0.4) is 0 Å². The van der Waals surface area contributed by atoms with Gasteiger partial charge in [0, 0.05) is 16.3 Å². The largest absolute Gasteiger partial charge is 0.378 e. The van der Waals surface area contributed by atoms with Crippen molar-refractivity contribution in [1.82, 2.24) is 0 Å². The molecule has 7 heteroatoms. The summed E-state index contributed by atoms with van der Waals surface area (Å²) in [5.74, 6) is -0.0932. The van der Waals surface area contributed by atoms with Crippen molar-refractivity contribution in [2.45, 2.75) is 13.5 Å². The van der Waals surface area contributed by atoms with Crippen molar-refractivity contribution < 1.29 is 4.79 Å². The normalized spacial score (nSPS) is 10.4. The van der Waals surface area contributed by atoms with Gasteiger partial charge in [0.2, 0.25) is 5.91 Å². The summed E-state index contributed by atoms with van der Waals surface area (Å²) in [4.78, 5) is 12.1. The average Bonchev–Trinajstić information content (AvgIpc) is 2.74. The number of benzene rings is 1. The van der Waals surface area contributed by atoms with Gasteiger partial charge in [0.05, 0.1) is 28.0 Å². The zero-order chi connectivity index (χ0) is 14.7. The molecule has 2 N–H and O–H groups in total. The van der Waals surface area contributed by atoms with Crippen molar-refractivity contribution in [3.63, 3.8) is 0 Å². The molecular weight excluding hydrogens is 383 g/mol. The predicted molar refractivity (Wildman–Crippen MR) is 90.1 cm³/mol. The Balaban J connectivity index is 2.13. The van der Waals surface area contributed by atoms with Crippen LogP contribution in [-0.4, -0.2) is 5.91 Å². The molecule has 1 amide bonds. The molecule has 0 aliphatic rings. The van der Waals surface area contributed by atoms with E-state index in [0.717, 1.165) is 15.0 Å². The maximum absolute atomic E-state index is 11.1. The van der Waals surface area contributed by atoms with Crippen molar-refractivity contribution in [2.24, 2.45) is 0 Å².